The second kappa shape index (κ2) is 18.8. The first-order valence-corrected chi connectivity index (χ1v) is 20.6. The topological polar surface area (TPSA) is 220 Å². The normalized spacial score (nSPS) is 12.0. The minimum Gasteiger partial charge on any atom is -0.423 e. The molecule has 0 saturated carbocycles. The Bertz CT molecular complexity index is 3340. The second-order valence-corrected chi connectivity index (χ2v) is 15.5. The molecule has 0 aliphatic carbocycles. The Kier molecular flexibility index (Phi) is 12.7. The first-order valence-electron chi connectivity index (χ1n) is 19.8. The van der Waals surface area contributed by atoms with Gasteiger partial charge in [-0.1, -0.05) is 69.9 Å². The third-order valence-corrected chi connectivity index (χ3v) is 11.0. The molecule has 6 heterocycles. The van der Waals surface area contributed by atoms with Crippen LogP contribution in [-0.2, 0) is 13.1 Å². The third kappa shape index (κ3) is 8.99. The largest absolute Gasteiger partial charge is 0.488 e. The lowest BCUT2D eigenvalue weighted by atomic mass is 9.80. The molecule has 14 nitrogen and oxygen atoms in total. The van der Waals surface area contributed by atoms with E-state index in [9.17, 15) is 9.59 Å². The molecule has 3 N–H and O–H groups in total. The third-order valence-electron chi connectivity index (χ3n) is 10.5. The van der Waals surface area contributed by atoms with Crippen molar-refractivity contribution in [2.24, 2.45) is 9.98 Å². The Morgan fingerprint density at radius 1 is 0.646 bits per heavy atom. The number of H-pyrrole nitrogens is 1. The molecule has 4 aromatic heterocycles. The highest BCUT2D eigenvalue weighted by molar-refractivity contribution is 6.58. The number of nitriles is 2. The maximum atomic E-state index is 13.8. The van der Waals surface area contributed by atoms with Crippen molar-refractivity contribution in [3.8, 4) is 40.1 Å². The summed E-state index contributed by atoms with van der Waals surface area (Å²) in [6.45, 7) is 4.33. The quantitative estimate of drug-likeness (QED) is 0.150. The van der Waals surface area contributed by atoms with E-state index in [0.717, 1.165) is 39.1 Å². The summed E-state index contributed by atoms with van der Waals surface area (Å²) in [5.74, 6) is 1.29. The highest BCUT2D eigenvalue weighted by Gasteiger charge is 2.28. The zero-order valence-corrected chi connectivity index (χ0v) is 36.0. The van der Waals surface area contributed by atoms with E-state index in [0.29, 0.717) is 78.6 Å². The first kappa shape index (κ1) is 43.7. The van der Waals surface area contributed by atoms with Crippen LogP contribution in [0.3, 0.4) is 0 Å². The number of pyridine rings is 2. The van der Waals surface area contributed by atoms with Crippen molar-refractivity contribution in [1.82, 2.24) is 19.9 Å². The molecule has 0 spiro atoms. The number of aliphatic imine (C=N–C) groups is 2. The fourth-order valence-corrected chi connectivity index (χ4v) is 7.66. The fraction of sp³-hybridized carbons (Fsp3) is 0.0833. The molecule has 0 saturated heterocycles. The van der Waals surface area contributed by atoms with Crippen LogP contribution in [0.4, 0.5) is 0 Å². The molecule has 2 aliphatic heterocycles. The zero-order valence-electron chi connectivity index (χ0n) is 34.5. The lowest BCUT2D eigenvalue weighted by Crippen LogP contribution is -2.29. The second-order valence-electron chi connectivity index (χ2n) is 14.6. The van der Waals surface area contributed by atoms with Gasteiger partial charge in [-0.05, 0) is 92.1 Å². The van der Waals surface area contributed by atoms with Crippen molar-refractivity contribution in [2.75, 3.05) is 0 Å². The molecule has 2 aliphatic rings. The van der Waals surface area contributed by atoms with Crippen LogP contribution in [0.25, 0.3) is 27.9 Å². The predicted octanol–water partition coefficient (Wildman–Crippen LogP) is 7.26. The summed E-state index contributed by atoms with van der Waals surface area (Å²) in [4.78, 5) is 38.3. The number of hydrogen-bond donors (Lipinski definition) is 3. The van der Waals surface area contributed by atoms with Gasteiger partial charge in [0.15, 0.2) is 11.5 Å². The average molecular weight is 900 g/mol. The molecule has 0 atom stereocenters. The summed E-state index contributed by atoms with van der Waals surface area (Å²) < 4.78 is 12.4. The van der Waals surface area contributed by atoms with Gasteiger partial charge in [0.25, 0.3) is 11.1 Å². The number of aromatic nitrogens is 4. The highest BCUT2D eigenvalue weighted by atomic mass is 35.5. The molecule has 10 rings (SSSR count). The Morgan fingerprint density at radius 3 is 1.62 bits per heavy atom. The van der Waals surface area contributed by atoms with Crippen molar-refractivity contribution in [2.45, 2.75) is 26.9 Å². The lowest BCUT2D eigenvalue weighted by Gasteiger charge is -2.14. The van der Waals surface area contributed by atoms with Crippen LogP contribution in [0.2, 0.25) is 10.0 Å². The van der Waals surface area contributed by atoms with E-state index < -0.39 is 7.12 Å². The average Bonchev–Trinajstić information content (AvgIpc) is 3.76. The van der Waals surface area contributed by atoms with Crippen LogP contribution in [-0.4, -0.2) is 48.5 Å². The summed E-state index contributed by atoms with van der Waals surface area (Å²) >= 11 is 12.0. The van der Waals surface area contributed by atoms with Gasteiger partial charge in [0, 0.05) is 50.4 Å². The molecule has 4 aromatic carbocycles. The van der Waals surface area contributed by atoms with Crippen LogP contribution < -0.4 is 16.6 Å². The number of nitrogens with zero attached hydrogens (tertiary/aromatic N) is 7. The minimum atomic E-state index is -1.46. The molecule has 0 unspecified atom stereocenters. The summed E-state index contributed by atoms with van der Waals surface area (Å²) in [7, 11) is -1.46. The van der Waals surface area contributed by atoms with Gasteiger partial charge in [0.1, 0.15) is 13.1 Å². The number of hydrogen-bond acceptors (Lipinski definition) is 12. The van der Waals surface area contributed by atoms with E-state index in [1.165, 1.54) is 24.3 Å². The molecule has 8 aromatic rings. The number of halogens is 2. The predicted molar refractivity (Wildman–Crippen MR) is 247 cm³/mol. The molecule has 0 amide bonds. The zero-order chi connectivity index (χ0) is 45.8. The number of aromatic amines is 1. The van der Waals surface area contributed by atoms with E-state index in [2.05, 4.69) is 26.4 Å². The van der Waals surface area contributed by atoms with Gasteiger partial charge in [-0.15, -0.1) is 0 Å². The van der Waals surface area contributed by atoms with Gasteiger partial charge in [0.2, 0.25) is 0 Å². The van der Waals surface area contributed by atoms with Gasteiger partial charge < -0.3 is 24.1 Å². The summed E-state index contributed by atoms with van der Waals surface area (Å²) in [5.41, 5.74) is 10.1. The van der Waals surface area contributed by atoms with Crippen LogP contribution in [0.15, 0.2) is 150 Å². The molecule has 65 heavy (non-hydrogen) atoms. The van der Waals surface area contributed by atoms with E-state index in [-0.39, 0.29) is 17.7 Å². The van der Waals surface area contributed by atoms with Crippen molar-refractivity contribution >= 4 is 47.2 Å². The van der Waals surface area contributed by atoms with Crippen molar-refractivity contribution in [1.29, 1.82) is 10.5 Å². The SMILES string of the molecule is Cc1noc2c1-c1cc[nH]c(=O)c1C(c1ccc(Cl)cc1)=NC2.Cc1noc2c1-c1ccn(-c3ccc(C#N)cc3)c(=O)c1C(c1ccc(Cl)cc1)=NC2.N#Cc1ccc(B(O)O)cc1. The van der Waals surface area contributed by atoms with Gasteiger partial charge in [-0.2, -0.15) is 10.5 Å². The van der Waals surface area contributed by atoms with Crippen molar-refractivity contribution in [3.05, 3.63) is 209 Å². The summed E-state index contributed by atoms with van der Waals surface area (Å²) in [6, 6.07) is 35.2. The Morgan fingerprint density at radius 2 is 1.12 bits per heavy atom. The number of fused-ring (bicyclic) bond motifs is 6. The van der Waals surface area contributed by atoms with Crippen LogP contribution in [0.1, 0.15) is 56.3 Å². The lowest BCUT2D eigenvalue weighted by molar-refractivity contribution is 0.382. The maximum Gasteiger partial charge on any atom is 0.488 e. The highest BCUT2D eigenvalue weighted by Crippen LogP contribution is 2.35. The molecular weight excluding hydrogens is 866 g/mol. The smallest absolute Gasteiger partial charge is 0.423 e. The molecule has 0 fully saturated rings. The van der Waals surface area contributed by atoms with E-state index in [1.54, 1.807) is 65.5 Å². The summed E-state index contributed by atoms with van der Waals surface area (Å²) in [6.07, 6.45) is 3.35. The van der Waals surface area contributed by atoms with Crippen LogP contribution in [0.5, 0.6) is 0 Å². The number of rotatable bonds is 4. The van der Waals surface area contributed by atoms with Gasteiger partial charge in [-0.25, -0.2) is 0 Å². The van der Waals surface area contributed by atoms with E-state index in [4.69, 9.17) is 57.8 Å². The van der Waals surface area contributed by atoms with Gasteiger partial charge >= 0.3 is 7.12 Å². The standard InChI is InChI=1S/C24H15ClN4O2.C17H12ClN3O2.C7H6BNO2/c1-14-21-19-10-11-29(18-8-2-15(12-26)3-9-18)24(30)22(19)23(27-13-20(21)31-28-14)16-4-6-17(25)7-5-16;1-9-14-12-6-7-19-17(22)15(12)16(20-8-13(14)23-21-9)10-2-4-11(18)5-3-10;9-5-6-1-3-7(4-2-6)8(10)11/h2-11H,13H2,1H3;2-7H,8H2,1H3,(H,19,22);1-4,10-11H. The summed E-state index contributed by atoms with van der Waals surface area (Å²) in [5, 5.41) is 44.1. The van der Waals surface area contributed by atoms with Crippen molar-refractivity contribution < 1.29 is 19.1 Å². The van der Waals surface area contributed by atoms with Gasteiger partial charge in [-0.3, -0.25) is 24.1 Å². The molecule has 318 valence electrons. The number of benzene rings is 4. The molecule has 0 bridgehead atoms. The Hall–Kier alpha value is -7.92. The molecule has 17 heteroatoms. The maximum absolute atomic E-state index is 13.8. The fourth-order valence-electron chi connectivity index (χ4n) is 7.41. The van der Waals surface area contributed by atoms with Crippen LogP contribution >= 0.6 is 23.2 Å². The van der Waals surface area contributed by atoms with E-state index >= 15 is 0 Å². The molecular formula is C48H33BCl2N8O6. The Labute approximate surface area is 380 Å². The first-order chi connectivity index (χ1) is 31.4. The van der Waals surface area contributed by atoms with Crippen LogP contribution in [0, 0.1) is 36.5 Å². The van der Waals surface area contributed by atoms with Gasteiger partial charge in [0.05, 0.1) is 68.3 Å². The number of nitrogens with one attached hydrogen (secondary N) is 1. The van der Waals surface area contributed by atoms with E-state index in [1.807, 2.05) is 56.3 Å². The monoisotopic (exact) mass is 898 g/mol. The number of aryl methyl sites for hydroxylation is 2. The molecule has 0 radical (unpaired) electrons. The Balaban J connectivity index is 0.000000148. The van der Waals surface area contributed by atoms with Crippen molar-refractivity contribution in [3.63, 3.8) is 0 Å². The minimum absolute atomic E-state index is 0.190.